The molecule has 1 aromatic carbocycles. The number of aryl methyl sites for hydroxylation is 1. The van der Waals surface area contributed by atoms with Gasteiger partial charge in [-0.3, -0.25) is 9.59 Å². The topological polar surface area (TPSA) is 69.6 Å². The Bertz CT molecular complexity index is 466. The van der Waals surface area contributed by atoms with E-state index in [-0.39, 0.29) is 12.5 Å². The van der Waals surface area contributed by atoms with E-state index in [0.29, 0.717) is 18.0 Å². The third-order valence-electron chi connectivity index (χ3n) is 3.27. The van der Waals surface area contributed by atoms with Crippen molar-refractivity contribution < 1.29 is 14.7 Å². The standard InChI is InChI=1S/C14H18N2O3/c1-10-2-4-12(5-3-10)16(9-14(18)19)13(17)6-11-7-15-8-11/h2-5,11,15H,6-9H2,1H3,(H,18,19). The van der Waals surface area contributed by atoms with Gasteiger partial charge >= 0.3 is 5.97 Å². The predicted molar refractivity (Wildman–Crippen MR) is 72.1 cm³/mol. The summed E-state index contributed by atoms with van der Waals surface area (Å²) in [5, 5.41) is 12.1. The molecule has 2 rings (SSSR count). The third-order valence-corrected chi connectivity index (χ3v) is 3.27. The summed E-state index contributed by atoms with van der Waals surface area (Å²) in [7, 11) is 0. The molecule has 0 unspecified atom stereocenters. The highest BCUT2D eigenvalue weighted by atomic mass is 16.4. The molecule has 1 aromatic rings. The Morgan fingerprint density at radius 1 is 1.32 bits per heavy atom. The summed E-state index contributed by atoms with van der Waals surface area (Å²) in [6, 6.07) is 7.33. The smallest absolute Gasteiger partial charge is 0.323 e. The molecule has 2 N–H and O–H groups in total. The van der Waals surface area contributed by atoms with Gasteiger partial charge in [-0.25, -0.2) is 0 Å². The van der Waals surface area contributed by atoms with Crippen LogP contribution >= 0.6 is 0 Å². The van der Waals surface area contributed by atoms with E-state index in [9.17, 15) is 9.59 Å². The van der Waals surface area contributed by atoms with Gasteiger partial charge in [-0.05, 0) is 38.1 Å². The molecule has 0 spiro atoms. The predicted octanol–water partition coefficient (Wildman–Crippen LogP) is 1.02. The van der Waals surface area contributed by atoms with E-state index in [2.05, 4.69) is 5.32 Å². The van der Waals surface area contributed by atoms with Gasteiger partial charge in [-0.2, -0.15) is 0 Å². The molecule has 0 atom stereocenters. The first-order valence-corrected chi connectivity index (χ1v) is 6.36. The molecule has 0 radical (unpaired) electrons. The van der Waals surface area contributed by atoms with Crippen LogP contribution in [0.15, 0.2) is 24.3 Å². The van der Waals surface area contributed by atoms with Crippen molar-refractivity contribution in [1.29, 1.82) is 0 Å². The van der Waals surface area contributed by atoms with Crippen molar-refractivity contribution in [2.24, 2.45) is 5.92 Å². The minimum absolute atomic E-state index is 0.127. The van der Waals surface area contributed by atoms with Crippen molar-refractivity contribution in [3.63, 3.8) is 0 Å². The van der Waals surface area contributed by atoms with Crippen molar-refractivity contribution in [1.82, 2.24) is 5.32 Å². The number of carboxylic acids is 1. The zero-order chi connectivity index (χ0) is 13.8. The Hall–Kier alpha value is -1.88. The Balaban J connectivity index is 2.11. The van der Waals surface area contributed by atoms with Gasteiger partial charge in [0.15, 0.2) is 0 Å². The molecule has 102 valence electrons. The molecule has 5 heteroatoms. The third kappa shape index (κ3) is 3.54. The zero-order valence-electron chi connectivity index (χ0n) is 10.9. The zero-order valence-corrected chi connectivity index (χ0v) is 10.9. The summed E-state index contributed by atoms with van der Waals surface area (Å²) in [5.74, 6) is -0.798. The molecule has 0 aliphatic carbocycles. The van der Waals surface area contributed by atoms with Crippen molar-refractivity contribution >= 4 is 17.6 Å². The van der Waals surface area contributed by atoms with Gasteiger partial charge in [-0.15, -0.1) is 0 Å². The first-order valence-electron chi connectivity index (χ1n) is 6.36. The van der Waals surface area contributed by atoms with E-state index < -0.39 is 5.97 Å². The Morgan fingerprint density at radius 2 is 1.95 bits per heavy atom. The van der Waals surface area contributed by atoms with Crippen molar-refractivity contribution in [2.75, 3.05) is 24.5 Å². The van der Waals surface area contributed by atoms with Gasteiger partial charge in [0.25, 0.3) is 0 Å². The summed E-state index contributed by atoms with van der Waals surface area (Å²) in [6.07, 6.45) is 0.397. The van der Waals surface area contributed by atoms with Crippen LogP contribution in [0.4, 0.5) is 5.69 Å². The summed E-state index contributed by atoms with van der Waals surface area (Å²) >= 11 is 0. The van der Waals surface area contributed by atoms with Crippen molar-refractivity contribution in [3.8, 4) is 0 Å². The fourth-order valence-electron chi connectivity index (χ4n) is 2.03. The van der Waals surface area contributed by atoms with Gasteiger partial charge in [0.2, 0.25) is 5.91 Å². The number of carboxylic acid groups (broad SMARTS) is 1. The molecular weight excluding hydrogens is 244 g/mol. The molecule has 1 heterocycles. The van der Waals surface area contributed by atoms with Crippen LogP contribution in [-0.4, -0.2) is 36.6 Å². The lowest BCUT2D eigenvalue weighted by Gasteiger charge is -2.29. The van der Waals surface area contributed by atoms with Gasteiger partial charge < -0.3 is 15.3 Å². The molecule has 0 saturated carbocycles. The quantitative estimate of drug-likeness (QED) is 0.831. The molecule has 0 bridgehead atoms. The van der Waals surface area contributed by atoms with Crippen LogP contribution in [0, 0.1) is 12.8 Å². The number of nitrogens with zero attached hydrogens (tertiary/aromatic N) is 1. The summed E-state index contributed by atoms with van der Waals surface area (Å²) in [4.78, 5) is 24.5. The summed E-state index contributed by atoms with van der Waals surface area (Å²) < 4.78 is 0. The maximum atomic E-state index is 12.2. The van der Waals surface area contributed by atoms with E-state index in [4.69, 9.17) is 5.11 Å². The molecule has 1 aliphatic rings. The Morgan fingerprint density at radius 3 is 2.42 bits per heavy atom. The molecular formula is C14H18N2O3. The number of nitrogens with one attached hydrogen (secondary N) is 1. The monoisotopic (exact) mass is 262 g/mol. The lowest BCUT2D eigenvalue weighted by atomic mass is 9.98. The van der Waals surface area contributed by atoms with Crippen LogP contribution in [0.2, 0.25) is 0 Å². The fraction of sp³-hybridized carbons (Fsp3) is 0.429. The largest absolute Gasteiger partial charge is 0.480 e. The van der Waals surface area contributed by atoms with E-state index in [1.165, 1.54) is 4.90 Å². The van der Waals surface area contributed by atoms with Crippen LogP contribution in [0.3, 0.4) is 0 Å². The second-order valence-corrected chi connectivity index (χ2v) is 4.94. The highest BCUT2D eigenvalue weighted by Gasteiger charge is 2.25. The SMILES string of the molecule is Cc1ccc(N(CC(=O)O)C(=O)CC2CNC2)cc1. The van der Waals surface area contributed by atoms with Gasteiger partial charge in [0.05, 0.1) is 0 Å². The highest BCUT2D eigenvalue weighted by Crippen LogP contribution is 2.18. The number of hydrogen-bond acceptors (Lipinski definition) is 3. The minimum atomic E-state index is -0.999. The molecule has 5 nitrogen and oxygen atoms in total. The second kappa shape index (κ2) is 5.84. The molecule has 1 amide bonds. The molecule has 19 heavy (non-hydrogen) atoms. The fourth-order valence-corrected chi connectivity index (χ4v) is 2.03. The minimum Gasteiger partial charge on any atom is -0.480 e. The Labute approximate surface area is 112 Å². The number of carbonyl (C=O) groups is 2. The van der Waals surface area contributed by atoms with E-state index in [0.717, 1.165) is 18.7 Å². The van der Waals surface area contributed by atoms with Crippen LogP contribution in [0.1, 0.15) is 12.0 Å². The number of hydrogen-bond donors (Lipinski definition) is 2. The van der Waals surface area contributed by atoms with Gasteiger partial charge in [0.1, 0.15) is 6.54 Å². The number of aliphatic carboxylic acids is 1. The molecule has 1 aliphatic heterocycles. The van der Waals surface area contributed by atoms with E-state index in [1.54, 1.807) is 12.1 Å². The molecule has 0 aromatic heterocycles. The van der Waals surface area contributed by atoms with Crippen molar-refractivity contribution in [2.45, 2.75) is 13.3 Å². The Kier molecular flexibility index (Phi) is 4.16. The highest BCUT2D eigenvalue weighted by molar-refractivity contribution is 5.97. The average Bonchev–Trinajstić information content (AvgIpc) is 2.31. The van der Waals surface area contributed by atoms with Crippen molar-refractivity contribution in [3.05, 3.63) is 29.8 Å². The van der Waals surface area contributed by atoms with Gasteiger partial charge in [-0.1, -0.05) is 17.7 Å². The van der Waals surface area contributed by atoms with Crippen LogP contribution in [-0.2, 0) is 9.59 Å². The number of benzene rings is 1. The van der Waals surface area contributed by atoms with E-state index >= 15 is 0 Å². The summed E-state index contributed by atoms with van der Waals surface area (Å²) in [6.45, 7) is 3.33. The number of amides is 1. The van der Waals surface area contributed by atoms with Crippen LogP contribution in [0.5, 0.6) is 0 Å². The maximum Gasteiger partial charge on any atom is 0.323 e. The lowest BCUT2D eigenvalue weighted by molar-refractivity contribution is -0.136. The molecule has 1 fully saturated rings. The van der Waals surface area contributed by atoms with Crippen LogP contribution in [0.25, 0.3) is 0 Å². The normalized spacial score (nSPS) is 14.8. The van der Waals surface area contributed by atoms with Crippen LogP contribution < -0.4 is 10.2 Å². The number of carbonyl (C=O) groups excluding carboxylic acids is 1. The lowest BCUT2D eigenvalue weighted by Crippen LogP contribution is -2.46. The first-order chi connectivity index (χ1) is 9.06. The maximum absolute atomic E-state index is 12.2. The number of anilines is 1. The van der Waals surface area contributed by atoms with Gasteiger partial charge in [0, 0.05) is 12.1 Å². The molecule has 1 saturated heterocycles. The number of rotatable bonds is 5. The summed E-state index contributed by atoms with van der Waals surface area (Å²) in [5.41, 5.74) is 1.72. The second-order valence-electron chi connectivity index (χ2n) is 4.94. The average molecular weight is 262 g/mol. The first kappa shape index (κ1) is 13.5. The van der Waals surface area contributed by atoms with E-state index in [1.807, 2.05) is 19.1 Å².